The zero-order valence-corrected chi connectivity index (χ0v) is 6.76. The van der Waals surface area contributed by atoms with Gasteiger partial charge in [-0.3, -0.25) is 4.79 Å². The van der Waals surface area contributed by atoms with Gasteiger partial charge in [0.15, 0.2) is 0 Å². The molecule has 0 aromatic rings. The van der Waals surface area contributed by atoms with Crippen LogP contribution in [0.4, 0.5) is 0 Å². The first-order chi connectivity index (χ1) is 4.66. The van der Waals surface area contributed by atoms with E-state index < -0.39 is 0 Å². The molecule has 1 fully saturated rings. The van der Waals surface area contributed by atoms with Gasteiger partial charge in [-0.15, -0.1) is 0 Å². The van der Waals surface area contributed by atoms with Crippen molar-refractivity contribution in [3.8, 4) is 0 Å². The average molecular weight is 142 g/mol. The van der Waals surface area contributed by atoms with Crippen LogP contribution in [0.25, 0.3) is 0 Å². The third-order valence-corrected chi connectivity index (χ3v) is 2.20. The summed E-state index contributed by atoms with van der Waals surface area (Å²) < 4.78 is 4.62. The summed E-state index contributed by atoms with van der Waals surface area (Å²) in [5.41, 5.74) is 0. The number of carbonyl (C=O) groups excluding carboxylic acids is 1. The summed E-state index contributed by atoms with van der Waals surface area (Å²) in [6, 6.07) is 0. The summed E-state index contributed by atoms with van der Waals surface area (Å²) in [6.07, 6.45) is 1.03. The molecule has 0 bridgehead atoms. The van der Waals surface area contributed by atoms with Gasteiger partial charge in [-0.25, -0.2) is 0 Å². The summed E-state index contributed by atoms with van der Waals surface area (Å²) in [5.74, 6) is 1.40. The minimum Gasteiger partial charge on any atom is -0.469 e. The lowest BCUT2D eigenvalue weighted by Gasteiger charge is -2.00. The van der Waals surface area contributed by atoms with E-state index in [9.17, 15) is 4.79 Å². The first-order valence-corrected chi connectivity index (χ1v) is 3.74. The highest BCUT2D eigenvalue weighted by Gasteiger charge is 2.45. The van der Waals surface area contributed by atoms with Crippen LogP contribution in [0.2, 0.25) is 0 Å². The SMILES string of the molecule is COC(=O)[C@H]1C[C@H]1C(C)C. The third-order valence-electron chi connectivity index (χ3n) is 2.20. The van der Waals surface area contributed by atoms with Crippen LogP contribution in [0.15, 0.2) is 0 Å². The predicted octanol–water partition coefficient (Wildman–Crippen LogP) is 1.45. The lowest BCUT2D eigenvalue weighted by atomic mass is 10.1. The second-order valence-electron chi connectivity index (χ2n) is 3.27. The van der Waals surface area contributed by atoms with Crippen LogP contribution in [0, 0.1) is 17.8 Å². The summed E-state index contributed by atoms with van der Waals surface area (Å²) in [6.45, 7) is 4.29. The molecule has 0 heterocycles. The molecule has 0 aromatic heterocycles. The van der Waals surface area contributed by atoms with Gasteiger partial charge in [0.25, 0.3) is 0 Å². The van der Waals surface area contributed by atoms with Crippen molar-refractivity contribution in [3.63, 3.8) is 0 Å². The van der Waals surface area contributed by atoms with Gasteiger partial charge in [-0.2, -0.15) is 0 Å². The van der Waals surface area contributed by atoms with Gasteiger partial charge in [-0.1, -0.05) is 13.8 Å². The first kappa shape index (κ1) is 7.58. The van der Waals surface area contributed by atoms with Gasteiger partial charge in [-0.05, 0) is 18.3 Å². The fraction of sp³-hybridized carbons (Fsp3) is 0.875. The van der Waals surface area contributed by atoms with Crippen molar-refractivity contribution < 1.29 is 9.53 Å². The topological polar surface area (TPSA) is 26.3 Å². The van der Waals surface area contributed by atoms with E-state index in [-0.39, 0.29) is 11.9 Å². The van der Waals surface area contributed by atoms with Gasteiger partial charge in [0.1, 0.15) is 0 Å². The zero-order valence-electron chi connectivity index (χ0n) is 6.76. The molecule has 0 unspecified atom stereocenters. The number of ether oxygens (including phenoxy) is 1. The Hall–Kier alpha value is -0.530. The summed E-state index contributed by atoms with van der Waals surface area (Å²) in [5, 5.41) is 0. The largest absolute Gasteiger partial charge is 0.469 e. The molecule has 0 saturated heterocycles. The van der Waals surface area contributed by atoms with Crippen LogP contribution in [-0.2, 0) is 9.53 Å². The number of carbonyl (C=O) groups is 1. The van der Waals surface area contributed by atoms with Crippen LogP contribution in [0.5, 0.6) is 0 Å². The molecular weight excluding hydrogens is 128 g/mol. The fourth-order valence-electron chi connectivity index (χ4n) is 1.37. The van der Waals surface area contributed by atoms with Gasteiger partial charge in [0.2, 0.25) is 0 Å². The minimum absolute atomic E-state index is 0.0290. The van der Waals surface area contributed by atoms with E-state index in [2.05, 4.69) is 18.6 Å². The van der Waals surface area contributed by atoms with Crippen LogP contribution < -0.4 is 0 Å². The Kier molecular flexibility index (Phi) is 1.97. The highest BCUT2D eigenvalue weighted by atomic mass is 16.5. The number of rotatable bonds is 2. The number of hydrogen-bond donors (Lipinski definition) is 0. The molecule has 0 N–H and O–H groups in total. The minimum atomic E-state index is -0.0290. The normalized spacial score (nSPS) is 30.4. The Balaban J connectivity index is 2.31. The quantitative estimate of drug-likeness (QED) is 0.545. The summed E-state index contributed by atoms with van der Waals surface area (Å²) in [7, 11) is 1.46. The smallest absolute Gasteiger partial charge is 0.308 e. The van der Waals surface area contributed by atoms with Crippen molar-refractivity contribution >= 4 is 5.97 Å². The molecule has 2 atom stereocenters. The highest BCUT2D eigenvalue weighted by molar-refractivity contribution is 5.75. The standard InChI is InChI=1S/C8H14O2/c1-5(2)6-4-7(6)8(9)10-3/h5-7H,4H2,1-3H3/t6-,7-/m0/s1. The van der Waals surface area contributed by atoms with Crippen LogP contribution in [-0.4, -0.2) is 13.1 Å². The molecule has 0 spiro atoms. The second-order valence-corrected chi connectivity index (χ2v) is 3.27. The van der Waals surface area contributed by atoms with Crippen molar-refractivity contribution in [2.24, 2.45) is 17.8 Å². The Bertz CT molecular complexity index is 140. The number of hydrogen-bond acceptors (Lipinski definition) is 2. The molecular formula is C8H14O2. The van der Waals surface area contributed by atoms with E-state index in [1.807, 2.05) is 0 Å². The maximum Gasteiger partial charge on any atom is 0.308 e. The molecule has 58 valence electrons. The van der Waals surface area contributed by atoms with Crippen molar-refractivity contribution in [1.29, 1.82) is 0 Å². The number of methoxy groups -OCH3 is 1. The van der Waals surface area contributed by atoms with E-state index in [0.717, 1.165) is 6.42 Å². The fourth-order valence-corrected chi connectivity index (χ4v) is 1.37. The van der Waals surface area contributed by atoms with Gasteiger partial charge in [0, 0.05) is 0 Å². The summed E-state index contributed by atoms with van der Waals surface area (Å²) >= 11 is 0. The van der Waals surface area contributed by atoms with Crippen molar-refractivity contribution in [3.05, 3.63) is 0 Å². The average Bonchev–Trinajstić information content (AvgIpc) is 2.64. The molecule has 0 amide bonds. The molecule has 10 heavy (non-hydrogen) atoms. The monoisotopic (exact) mass is 142 g/mol. The summed E-state index contributed by atoms with van der Waals surface area (Å²) in [4.78, 5) is 10.9. The van der Waals surface area contributed by atoms with E-state index in [4.69, 9.17) is 0 Å². The Morgan fingerprint density at radius 2 is 2.20 bits per heavy atom. The predicted molar refractivity (Wildman–Crippen MR) is 38.5 cm³/mol. The highest BCUT2D eigenvalue weighted by Crippen LogP contribution is 2.44. The molecule has 1 aliphatic carbocycles. The van der Waals surface area contributed by atoms with Gasteiger partial charge >= 0.3 is 5.97 Å². The molecule has 1 saturated carbocycles. The number of esters is 1. The van der Waals surface area contributed by atoms with E-state index in [0.29, 0.717) is 11.8 Å². The van der Waals surface area contributed by atoms with Gasteiger partial charge < -0.3 is 4.74 Å². The third kappa shape index (κ3) is 1.31. The van der Waals surface area contributed by atoms with Crippen molar-refractivity contribution in [1.82, 2.24) is 0 Å². The molecule has 1 aliphatic rings. The lowest BCUT2D eigenvalue weighted by Crippen LogP contribution is -2.06. The Labute approximate surface area is 61.6 Å². The van der Waals surface area contributed by atoms with E-state index in [1.54, 1.807) is 0 Å². The van der Waals surface area contributed by atoms with Crippen molar-refractivity contribution in [2.45, 2.75) is 20.3 Å². The van der Waals surface area contributed by atoms with E-state index in [1.165, 1.54) is 7.11 Å². The molecule has 2 nitrogen and oxygen atoms in total. The van der Waals surface area contributed by atoms with Crippen molar-refractivity contribution in [2.75, 3.05) is 7.11 Å². The van der Waals surface area contributed by atoms with Crippen LogP contribution >= 0.6 is 0 Å². The maximum absolute atomic E-state index is 10.9. The molecule has 1 rings (SSSR count). The first-order valence-electron chi connectivity index (χ1n) is 3.74. The molecule has 0 aliphatic heterocycles. The Morgan fingerprint density at radius 3 is 2.50 bits per heavy atom. The van der Waals surface area contributed by atoms with Crippen LogP contribution in [0.3, 0.4) is 0 Å². The molecule has 0 radical (unpaired) electrons. The second kappa shape index (κ2) is 2.60. The van der Waals surface area contributed by atoms with Gasteiger partial charge in [0.05, 0.1) is 13.0 Å². The van der Waals surface area contributed by atoms with E-state index >= 15 is 0 Å². The molecule has 2 heteroatoms. The zero-order chi connectivity index (χ0) is 7.72. The lowest BCUT2D eigenvalue weighted by molar-refractivity contribution is -0.142. The maximum atomic E-state index is 10.9. The van der Waals surface area contributed by atoms with Crippen LogP contribution in [0.1, 0.15) is 20.3 Å². The molecule has 0 aromatic carbocycles. The Morgan fingerprint density at radius 1 is 1.60 bits per heavy atom.